The van der Waals surface area contributed by atoms with Crippen LogP contribution < -0.4 is 10.6 Å². The largest absolute Gasteiger partial charge is 0.399 e. The second-order valence-electron chi connectivity index (χ2n) is 4.95. The Hall–Kier alpha value is -1.81. The van der Waals surface area contributed by atoms with E-state index in [1.165, 1.54) is 5.69 Å². The third-order valence-electron chi connectivity index (χ3n) is 3.68. The molecule has 1 aliphatic rings. The minimum absolute atomic E-state index is 0.325. The number of nitrogens with zero attached hydrogens (tertiary/aromatic N) is 2. The van der Waals surface area contributed by atoms with Crippen LogP contribution in [0.1, 0.15) is 13.3 Å². The van der Waals surface area contributed by atoms with Gasteiger partial charge in [-0.1, -0.05) is 6.92 Å². The number of nitrogen functional groups attached to an aromatic ring is 1. The number of benzene rings is 1. The molecule has 100 valence electrons. The molecule has 1 fully saturated rings. The van der Waals surface area contributed by atoms with E-state index >= 15 is 0 Å². The first-order valence-electron chi connectivity index (χ1n) is 6.78. The topological polar surface area (TPSA) is 51.4 Å². The van der Waals surface area contributed by atoms with E-state index in [0.29, 0.717) is 6.10 Å². The van der Waals surface area contributed by atoms with Crippen molar-refractivity contribution >= 4 is 22.3 Å². The number of morpholine rings is 1. The highest BCUT2D eigenvalue weighted by atomic mass is 16.5. The smallest absolute Gasteiger partial charge is 0.0748 e. The number of fused-ring (bicyclic) bond motifs is 1. The highest BCUT2D eigenvalue weighted by molar-refractivity contribution is 5.93. The van der Waals surface area contributed by atoms with Gasteiger partial charge < -0.3 is 15.4 Å². The molecule has 1 saturated heterocycles. The molecule has 2 heterocycles. The van der Waals surface area contributed by atoms with Crippen molar-refractivity contribution in [3.8, 4) is 0 Å². The second kappa shape index (κ2) is 5.05. The van der Waals surface area contributed by atoms with Crippen LogP contribution in [0.5, 0.6) is 0 Å². The molecule has 1 atom stereocenters. The van der Waals surface area contributed by atoms with Gasteiger partial charge in [-0.05, 0) is 30.7 Å². The van der Waals surface area contributed by atoms with Crippen LogP contribution >= 0.6 is 0 Å². The average molecular weight is 257 g/mol. The number of ether oxygens (including phenoxy) is 1. The van der Waals surface area contributed by atoms with Crippen LogP contribution in [0.2, 0.25) is 0 Å². The summed E-state index contributed by atoms with van der Waals surface area (Å²) in [5, 5.41) is 1.16. The molecule has 2 aromatic rings. The van der Waals surface area contributed by atoms with Crippen LogP contribution in [0, 0.1) is 0 Å². The zero-order valence-corrected chi connectivity index (χ0v) is 11.2. The first-order valence-corrected chi connectivity index (χ1v) is 6.78. The van der Waals surface area contributed by atoms with Gasteiger partial charge in [0.05, 0.1) is 18.2 Å². The van der Waals surface area contributed by atoms with Crippen LogP contribution in [0.25, 0.3) is 10.9 Å². The summed E-state index contributed by atoms with van der Waals surface area (Å²) < 4.78 is 5.73. The van der Waals surface area contributed by atoms with Gasteiger partial charge in [0, 0.05) is 36.0 Å². The third kappa shape index (κ3) is 2.36. The van der Waals surface area contributed by atoms with Gasteiger partial charge >= 0.3 is 0 Å². The molecule has 3 rings (SSSR count). The van der Waals surface area contributed by atoms with E-state index in [9.17, 15) is 0 Å². The lowest BCUT2D eigenvalue weighted by atomic mass is 10.1. The molecule has 4 nitrogen and oxygen atoms in total. The van der Waals surface area contributed by atoms with E-state index in [1.54, 1.807) is 0 Å². The summed E-state index contributed by atoms with van der Waals surface area (Å²) in [6.07, 6.45) is 3.23. The summed E-state index contributed by atoms with van der Waals surface area (Å²) in [5.41, 5.74) is 8.76. The van der Waals surface area contributed by atoms with Crippen LogP contribution in [-0.4, -0.2) is 30.8 Å². The molecule has 0 bridgehead atoms. The number of hydrogen-bond acceptors (Lipinski definition) is 4. The van der Waals surface area contributed by atoms with Crippen molar-refractivity contribution in [2.24, 2.45) is 0 Å². The van der Waals surface area contributed by atoms with Crippen molar-refractivity contribution in [1.82, 2.24) is 4.98 Å². The molecule has 2 N–H and O–H groups in total. The van der Waals surface area contributed by atoms with Gasteiger partial charge in [-0.2, -0.15) is 0 Å². The fourth-order valence-corrected chi connectivity index (χ4v) is 2.61. The molecule has 0 amide bonds. The van der Waals surface area contributed by atoms with Gasteiger partial charge in [-0.25, -0.2) is 0 Å². The third-order valence-corrected chi connectivity index (χ3v) is 3.68. The number of aromatic nitrogens is 1. The standard InChI is InChI=1S/C15H19N3O/c1-2-12-10-18(7-8-19-12)15-5-6-17-14-9-11(16)3-4-13(14)15/h3-6,9,12H,2,7-8,10,16H2,1H3. The van der Waals surface area contributed by atoms with Gasteiger partial charge in [0.1, 0.15) is 0 Å². The number of hydrogen-bond donors (Lipinski definition) is 1. The summed E-state index contributed by atoms with van der Waals surface area (Å²) in [7, 11) is 0. The summed E-state index contributed by atoms with van der Waals surface area (Å²) in [6.45, 7) is 4.83. The Bertz CT molecular complexity index is 585. The Labute approximate surface area is 113 Å². The molecule has 1 aliphatic heterocycles. The Balaban J connectivity index is 2.00. The Morgan fingerprint density at radius 1 is 1.42 bits per heavy atom. The number of pyridine rings is 1. The van der Waals surface area contributed by atoms with Crippen molar-refractivity contribution < 1.29 is 4.74 Å². The van der Waals surface area contributed by atoms with Gasteiger partial charge in [0.25, 0.3) is 0 Å². The second-order valence-corrected chi connectivity index (χ2v) is 4.95. The first kappa shape index (κ1) is 12.2. The molecule has 1 unspecified atom stereocenters. The molecule has 0 aliphatic carbocycles. The predicted molar refractivity (Wildman–Crippen MR) is 78.4 cm³/mol. The SMILES string of the molecule is CCC1CN(c2ccnc3cc(N)ccc23)CCO1. The molecular weight excluding hydrogens is 238 g/mol. The Morgan fingerprint density at radius 2 is 2.32 bits per heavy atom. The molecule has 0 radical (unpaired) electrons. The lowest BCUT2D eigenvalue weighted by Gasteiger charge is -2.34. The monoisotopic (exact) mass is 257 g/mol. The van der Waals surface area contributed by atoms with Gasteiger partial charge in [0.15, 0.2) is 0 Å². The summed E-state index contributed by atoms with van der Waals surface area (Å²) >= 11 is 0. The van der Waals surface area contributed by atoms with E-state index < -0.39 is 0 Å². The predicted octanol–water partition coefficient (Wildman–Crippen LogP) is 2.43. The van der Waals surface area contributed by atoms with Gasteiger partial charge in [-0.15, -0.1) is 0 Å². The normalized spacial score (nSPS) is 19.8. The number of anilines is 2. The van der Waals surface area contributed by atoms with E-state index in [-0.39, 0.29) is 0 Å². The van der Waals surface area contributed by atoms with E-state index in [0.717, 1.165) is 42.7 Å². The zero-order chi connectivity index (χ0) is 13.2. The van der Waals surface area contributed by atoms with Crippen LogP contribution in [0.15, 0.2) is 30.5 Å². The van der Waals surface area contributed by atoms with E-state index in [2.05, 4.69) is 28.9 Å². The van der Waals surface area contributed by atoms with E-state index in [4.69, 9.17) is 10.5 Å². The highest BCUT2D eigenvalue weighted by Gasteiger charge is 2.20. The van der Waals surface area contributed by atoms with Gasteiger partial charge in [0.2, 0.25) is 0 Å². The Kier molecular flexibility index (Phi) is 3.25. The molecule has 4 heteroatoms. The van der Waals surface area contributed by atoms with Crippen LogP contribution in [0.3, 0.4) is 0 Å². The van der Waals surface area contributed by atoms with E-state index in [1.807, 2.05) is 18.3 Å². The molecule has 19 heavy (non-hydrogen) atoms. The fraction of sp³-hybridized carbons (Fsp3) is 0.400. The lowest BCUT2D eigenvalue weighted by Crippen LogP contribution is -2.42. The summed E-state index contributed by atoms with van der Waals surface area (Å²) in [6, 6.07) is 8.00. The minimum Gasteiger partial charge on any atom is -0.399 e. The summed E-state index contributed by atoms with van der Waals surface area (Å²) in [4.78, 5) is 6.79. The van der Waals surface area contributed by atoms with Crippen molar-refractivity contribution in [3.05, 3.63) is 30.5 Å². The quantitative estimate of drug-likeness (QED) is 0.839. The molecular formula is C15H19N3O. The molecule has 1 aromatic carbocycles. The number of nitrogens with two attached hydrogens (primary N) is 1. The summed E-state index contributed by atoms with van der Waals surface area (Å²) in [5.74, 6) is 0. The van der Waals surface area contributed by atoms with Crippen LogP contribution in [0.4, 0.5) is 11.4 Å². The molecule has 1 aromatic heterocycles. The fourth-order valence-electron chi connectivity index (χ4n) is 2.61. The first-order chi connectivity index (χ1) is 9.28. The molecule has 0 spiro atoms. The Morgan fingerprint density at radius 3 is 3.16 bits per heavy atom. The average Bonchev–Trinajstić information content (AvgIpc) is 2.46. The minimum atomic E-state index is 0.325. The zero-order valence-electron chi connectivity index (χ0n) is 11.2. The maximum atomic E-state index is 5.82. The van der Waals surface area contributed by atoms with Gasteiger partial charge in [-0.3, -0.25) is 4.98 Å². The lowest BCUT2D eigenvalue weighted by molar-refractivity contribution is 0.0385. The van der Waals surface area contributed by atoms with Crippen molar-refractivity contribution in [2.75, 3.05) is 30.3 Å². The van der Waals surface area contributed by atoms with Crippen molar-refractivity contribution in [2.45, 2.75) is 19.4 Å². The number of rotatable bonds is 2. The maximum absolute atomic E-state index is 5.82. The molecule has 0 saturated carbocycles. The van der Waals surface area contributed by atoms with Crippen LogP contribution in [-0.2, 0) is 4.74 Å². The highest BCUT2D eigenvalue weighted by Crippen LogP contribution is 2.28. The van der Waals surface area contributed by atoms with Crippen molar-refractivity contribution in [1.29, 1.82) is 0 Å². The van der Waals surface area contributed by atoms with Crippen molar-refractivity contribution in [3.63, 3.8) is 0 Å². The maximum Gasteiger partial charge on any atom is 0.0748 e.